The topological polar surface area (TPSA) is 128 Å². The zero-order chi connectivity index (χ0) is 26.5. The average molecular weight is 552 g/mol. The molecular weight excluding hydrogens is 521 g/mol. The molecule has 12 heteroatoms. The SMILES string of the molecule is CCN(CC)c1nc(-c2cc(F)cc(OCC(C)C)c2)ccc1C(=O)NS(=O)(=O)c1cccc(N)n1.Cl. The molecule has 1 amide bonds. The Balaban J connectivity index is 0.00000481. The number of nitrogens with one attached hydrogen (secondary N) is 1. The number of hydrogen-bond acceptors (Lipinski definition) is 8. The van der Waals surface area contributed by atoms with Crippen LogP contribution >= 0.6 is 12.4 Å². The van der Waals surface area contributed by atoms with Gasteiger partial charge in [-0.1, -0.05) is 19.9 Å². The number of anilines is 2. The molecule has 0 unspecified atom stereocenters. The summed E-state index contributed by atoms with van der Waals surface area (Å²) in [5.74, 6) is -0.458. The zero-order valence-electron chi connectivity index (χ0n) is 21.1. The summed E-state index contributed by atoms with van der Waals surface area (Å²) in [7, 11) is -4.28. The van der Waals surface area contributed by atoms with Gasteiger partial charge in [-0.15, -0.1) is 12.4 Å². The molecule has 0 aliphatic rings. The number of amides is 1. The Labute approximate surface area is 222 Å². The van der Waals surface area contributed by atoms with Gasteiger partial charge in [0.25, 0.3) is 15.9 Å². The second-order valence-corrected chi connectivity index (χ2v) is 10.1. The number of carbonyl (C=O) groups is 1. The number of aromatic nitrogens is 2. The predicted octanol–water partition coefficient (Wildman–Crippen LogP) is 4.29. The number of ether oxygens (including phenoxy) is 1. The average Bonchev–Trinajstić information content (AvgIpc) is 2.83. The molecule has 0 saturated heterocycles. The van der Waals surface area contributed by atoms with Crippen molar-refractivity contribution in [1.82, 2.24) is 14.7 Å². The van der Waals surface area contributed by atoms with Crippen molar-refractivity contribution in [2.45, 2.75) is 32.7 Å². The molecule has 3 N–H and O–H groups in total. The van der Waals surface area contributed by atoms with Crippen molar-refractivity contribution in [3.63, 3.8) is 0 Å². The number of carbonyl (C=O) groups excluding carboxylic acids is 1. The van der Waals surface area contributed by atoms with Gasteiger partial charge < -0.3 is 15.4 Å². The summed E-state index contributed by atoms with van der Waals surface area (Å²) in [4.78, 5) is 23.3. The Hall–Kier alpha value is -3.44. The summed E-state index contributed by atoms with van der Waals surface area (Å²) < 4.78 is 47.5. The standard InChI is InChI=1S/C25H30FN5O4S.ClH/c1-5-31(6-2)24-20(25(32)30-36(33,34)23-9-7-8-22(27)29-23)10-11-21(28-24)17-12-18(26)14-19(13-17)35-15-16(3)4;/h7-14,16H,5-6,15H2,1-4H3,(H2,27,29)(H,30,32);1H. The maximum atomic E-state index is 14.3. The monoisotopic (exact) mass is 551 g/mol. The van der Waals surface area contributed by atoms with Crippen molar-refractivity contribution in [2.75, 3.05) is 30.3 Å². The largest absolute Gasteiger partial charge is 0.493 e. The quantitative estimate of drug-likeness (QED) is 0.382. The Morgan fingerprint density at radius 2 is 1.81 bits per heavy atom. The van der Waals surface area contributed by atoms with E-state index in [2.05, 4.69) is 9.97 Å². The normalized spacial score (nSPS) is 11.1. The van der Waals surface area contributed by atoms with Crippen LogP contribution in [-0.2, 0) is 10.0 Å². The van der Waals surface area contributed by atoms with Crippen molar-refractivity contribution < 1.29 is 22.3 Å². The van der Waals surface area contributed by atoms with Gasteiger partial charge in [0.15, 0.2) is 5.03 Å². The van der Waals surface area contributed by atoms with Crippen molar-refractivity contribution >= 4 is 40.0 Å². The number of rotatable bonds is 10. The number of halogens is 2. The molecule has 0 aliphatic heterocycles. The molecule has 0 bridgehead atoms. The molecule has 2 aromatic heterocycles. The van der Waals surface area contributed by atoms with E-state index in [0.29, 0.717) is 36.7 Å². The van der Waals surface area contributed by atoms with E-state index in [0.717, 1.165) is 0 Å². The molecular formula is C25H31ClFN5O4S. The molecule has 1 aromatic carbocycles. The third-order valence-electron chi connectivity index (χ3n) is 5.18. The Morgan fingerprint density at radius 3 is 2.43 bits per heavy atom. The van der Waals surface area contributed by atoms with Crippen molar-refractivity contribution in [3.8, 4) is 17.0 Å². The molecule has 0 spiro atoms. The Bertz CT molecular complexity index is 1350. The molecule has 0 saturated carbocycles. The van der Waals surface area contributed by atoms with Gasteiger partial charge in [-0.2, -0.15) is 8.42 Å². The van der Waals surface area contributed by atoms with Crippen LogP contribution in [0.4, 0.5) is 16.0 Å². The van der Waals surface area contributed by atoms with Gasteiger partial charge in [0, 0.05) is 24.7 Å². The first-order valence-corrected chi connectivity index (χ1v) is 13.0. The van der Waals surface area contributed by atoms with Crippen LogP contribution in [0.3, 0.4) is 0 Å². The van der Waals surface area contributed by atoms with E-state index in [-0.39, 0.29) is 40.6 Å². The summed E-state index contributed by atoms with van der Waals surface area (Å²) in [6, 6.07) is 11.4. The van der Waals surface area contributed by atoms with Crippen LogP contribution in [0.5, 0.6) is 5.75 Å². The number of nitrogen functional groups attached to an aromatic ring is 1. The van der Waals surface area contributed by atoms with Gasteiger partial charge in [0.05, 0.1) is 17.9 Å². The van der Waals surface area contributed by atoms with E-state index in [4.69, 9.17) is 10.5 Å². The molecule has 0 fully saturated rings. The second kappa shape index (κ2) is 12.7. The lowest BCUT2D eigenvalue weighted by atomic mass is 10.1. The summed E-state index contributed by atoms with van der Waals surface area (Å²) in [5, 5.41) is -0.376. The first-order valence-electron chi connectivity index (χ1n) is 11.5. The minimum absolute atomic E-state index is 0. The van der Waals surface area contributed by atoms with Crippen LogP contribution in [0.25, 0.3) is 11.3 Å². The van der Waals surface area contributed by atoms with Crippen LogP contribution in [0.1, 0.15) is 38.1 Å². The molecule has 0 aliphatic carbocycles. The number of sulfonamides is 1. The Kier molecular flexibility index (Phi) is 10.2. The van der Waals surface area contributed by atoms with E-state index in [9.17, 15) is 17.6 Å². The lowest BCUT2D eigenvalue weighted by Crippen LogP contribution is -2.34. The van der Waals surface area contributed by atoms with Crippen molar-refractivity contribution in [2.24, 2.45) is 5.92 Å². The highest BCUT2D eigenvalue weighted by atomic mass is 35.5. The van der Waals surface area contributed by atoms with Crippen molar-refractivity contribution in [1.29, 1.82) is 0 Å². The number of pyridine rings is 2. The van der Waals surface area contributed by atoms with E-state index in [1.807, 2.05) is 32.4 Å². The fraction of sp³-hybridized carbons (Fsp3) is 0.320. The van der Waals surface area contributed by atoms with Gasteiger partial charge in [-0.3, -0.25) is 4.79 Å². The molecule has 37 heavy (non-hydrogen) atoms. The molecule has 3 aromatic rings. The highest BCUT2D eigenvalue weighted by molar-refractivity contribution is 7.90. The molecule has 3 rings (SSSR count). The van der Waals surface area contributed by atoms with Crippen LogP contribution in [0.2, 0.25) is 0 Å². The predicted molar refractivity (Wildman–Crippen MR) is 144 cm³/mol. The highest BCUT2D eigenvalue weighted by Crippen LogP contribution is 2.28. The van der Waals surface area contributed by atoms with Gasteiger partial charge in [-0.05, 0) is 56.2 Å². The minimum atomic E-state index is -4.28. The molecule has 9 nitrogen and oxygen atoms in total. The van der Waals surface area contributed by atoms with E-state index < -0.39 is 21.7 Å². The smallest absolute Gasteiger partial charge is 0.281 e. The van der Waals surface area contributed by atoms with Crippen LogP contribution in [0, 0.1) is 11.7 Å². The summed E-state index contributed by atoms with van der Waals surface area (Å²) in [6.07, 6.45) is 0. The lowest BCUT2D eigenvalue weighted by molar-refractivity contribution is 0.0981. The summed E-state index contributed by atoms with van der Waals surface area (Å²) in [5.41, 5.74) is 6.50. The van der Waals surface area contributed by atoms with Crippen LogP contribution in [-0.4, -0.2) is 44.0 Å². The third-order valence-corrected chi connectivity index (χ3v) is 6.41. The maximum Gasteiger partial charge on any atom is 0.281 e. The first-order chi connectivity index (χ1) is 17.0. The highest BCUT2D eigenvalue weighted by Gasteiger charge is 2.25. The maximum absolute atomic E-state index is 14.3. The Morgan fingerprint density at radius 1 is 1.11 bits per heavy atom. The van der Waals surface area contributed by atoms with Crippen LogP contribution < -0.4 is 20.1 Å². The zero-order valence-corrected chi connectivity index (χ0v) is 22.7. The second-order valence-electron chi connectivity index (χ2n) is 8.46. The fourth-order valence-corrected chi connectivity index (χ4v) is 4.36. The van der Waals surface area contributed by atoms with Crippen LogP contribution in [0.15, 0.2) is 53.6 Å². The summed E-state index contributed by atoms with van der Waals surface area (Å²) in [6.45, 7) is 9.18. The lowest BCUT2D eigenvalue weighted by Gasteiger charge is -2.23. The molecule has 200 valence electrons. The van der Waals surface area contributed by atoms with E-state index >= 15 is 0 Å². The van der Waals surface area contributed by atoms with E-state index in [1.54, 1.807) is 11.0 Å². The van der Waals surface area contributed by atoms with Gasteiger partial charge in [0.1, 0.15) is 23.2 Å². The summed E-state index contributed by atoms with van der Waals surface area (Å²) >= 11 is 0. The number of hydrogen-bond donors (Lipinski definition) is 2. The third kappa shape index (κ3) is 7.53. The molecule has 0 radical (unpaired) electrons. The van der Waals surface area contributed by atoms with Gasteiger partial charge in [-0.25, -0.2) is 19.1 Å². The van der Waals surface area contributed by atoms with Gasteiger partial charge >= 0.3 is 0 Å². The number of benzene rings is 1. The van der Waals surface area contributed by atoms with E-state index in [1.165, 1.54) is 42.5 Å². The van der Waals surface area contributed by atoms with Crippen molar-refractivity contribution in [3.05, 3.63) is 59.9 Å². The minimum Gasteiger partial charge on any atom is -0.493 e. The number of nitrogens with two attached hydrogens (primary N) is 1. The molecule has 2 heterocycles. The first kappa shape index (κ1) is 29.8. The fourth-order valence-electron chi connectivity index (χ4n) is 3.42. The molecule has 0 atom stereocenters. The number of nitrogens with zero attached hydrogens (tertiary/aromatic N) is 3. The van der Waals surface area contributed by atoms with Gasteiger partial charge in [0.2, 0.25) is 0 Å².